The van der Waals surface area contributed by atoms with Crippen molar-refractivity contribution >= 4 is 5.91 Å². The van der Waals surface area contributed by atoms with Gasteiger partial charge in [-0.3, -0.25) is 9.89 Å². The van der Waals surface area contributed by atoms with E-state index >= 15 is 0 Å². The number of rotatable bonds is 7. The standard InChI is InChI=1S/C25H23N3O6/c1-31-16-8-6-14(7-9-16)21-20-22(27-26-21)25(30)28(13-17-5-4-10-34-17)23(20)15-11-18(32-2)24(29)19(12-15)33-3/h4-12,23,29H,13H2,1-3H3,(H,26,27). The van der Waals surface area contributed by atoms with Gasteiger partial charge in [-0.05, 0) is 54.1 Å². The number of hydrogen-bond donors (Lipinski definition) is 2. The van der Waals surface area contributed by atoms with E-state index in [2.05, 4.69) is 10.2 Å². The van der Waals surface area contributed by atoms with Crippen LogP contribution in [-0.4, -0.2) is 47.4 Å². The summed E-state index contributed by atoms with van der Waals surface area (Å²) in [5.41, 5.74) is 3.28. The molecule has 2 aromatic carbocycles. The minimum Gasteiger partial charge on any atom is -0.502 e. The molecule has 0 spiro atoms. The minimum absolute atomic E-state index is 0.113. The van der Waals surface area contributed by atoms with E-state index in [1.165, 1.54) is 14.2 Å². The van der Waals surface area contributed by atoms with Gasteiger partial charge in [0.25, 0.3) is 5.91 Å². The maximum absolute atomic E-state index is 13.5. The van der Waals surface area contributed by atoms with Crippen LogP contribution >= 0.6 is 0 Å². The summed E-state index contributed by atoms with van der Waals surface area (Å²) in [6.07, 6.45) is 1.57. The van der Waals surface area contributed by atoms with Crippen molar-refractivity contribution in [3.8, 4) is 34.3 Å². The Balaban J connectivity index is 1.69. The van der Waals surface area contributed by atoms with E-state index in [9.17, 15) is 9.90 Å². The third-order valence-corrected chi connectivity index (χ3v) is 5.95. The van der Waals surface area contributed by atoms with Gasteiger partial charge in [0.1, 0.15) is 17.2 Å². The highest BCUT2D eigenvalue weighted by Crippen LogP contribution is 2.47. The summed E-state index contributed by atoms with van der Waals surface area (Å²) in [6.45, 7) is 0.243. The lowest BCUT2D eigenvalue weighted by molar-refractivity contribution is 0.0716. The van der Waals surface area contributed by atoms with Gasteiger partial charge in [0.15, 0.2) is 11.5 Å². The first-order valence-corrected chi connectivity index (χ1v) is 10.6. The monoisotopic (exact) mass is 461 g/mol. The highest BCUT2D eigenvalue weighted by atomic mass is 16.5. The Bertz CT molecular complexity index is 1300. The van der Waals surface area contributed by atoms with Gasteiger partial charge in [0, 0.05) is 11.1 Å². The molecule has 2 N–H and O–H groups in total. The molecule has 1 amide bonds. The SMILES string of the molecule is COc1ccc(-c2n[nH]c3c2C(c2cc(OC)c(O)c(OC)c2)N(Cc2ccco2)C3=O)cc1. The molecule has 1 unspecified atom stereocenters. The number of hydrogen-bond acceptors (Lipinski definition) is 7. The molecular weight excluding hydrogens is 438 g/mol. The van der Waals surface area contributed by atoms with Gasteiger partial charge in [0.05, 0.1) is 45.9 Å². The van der Waals surface area contributed by atoms with Crippen LogP contribution in [0.1, 0.15) is 33.4 Å². The maximum Gasteiger partial charge on any atom is 0.273 e. The lowest BCUT2D eigenvalue weighted by Gasteiger charge is -2.26. The Morgan fingerprint density at radius 2 is 1.76 bits per heavy atom. The summed E-state index contributed by atoms with van der Waals surface area (Å²) in [7, 11) is 4.53. The molecular formula is C25H23N3O6. The molecule has 4 aromatic rings. The molecule has 0 bridgehead atoms. The van der Waals surface area contributed by atoms with Gasteiger partial charge < -0.3 is 28.6 Å². The molecule has 9 heteroatoms. The van der Waals surface area contributed by atoms with Crippen molar-refractivity contribution in [2.45, 2.75) is 12.6 Å². The summed E-state index contributed by atoms with van der Waals surface area (Å²) in [5.74, 6) is 1.51. The van der Waals surface area contributed by atoms with Gasteiger partial charge in [-0.25, -0.2) is 0 Å². The molecule has 0 saturated carbocycles. The molecule has 1 atom stereocenters. The summed E-state index contributed by atoms with van der Waals surface area (Å²) in [6, 6.07) is 13.9. The van der Waals surface area contributed by atoms with Crippen molar-refractivity contribution in [1.29, 1.82) is 0 Å². The maximum atomic E-state index is 13.5. The molecule has 1 aliphatic heterocycles. The van der Waals surface area contributed by atoms with Crippen molar-refractivity contribution < 1.29 is 28.5 Å². The number of phenolic OH excluding ortho intramolecular Hbond substituents is 1. The van der Waals surface area contributed by atoms with E-state index in [1.807, 2.05) is 30.3 Å². The molecule has 9 nitrogen and oxygen atoms in total. The molecule has 5 rings (SSSR count). The number of carbonyl (C=O) groups excluding carboxylic acids is 1. The minimum atomic E-state index is -0.535. The summed E-state index contributed by atoms with van der Waals surface area (Å²) in [5, 5.41) is 17.8. The first kappa shape index (κ1) is 21.4. The topological polar surface area (TPSA) is 110 Å². The number of carbonyl (C=O) groups is 1. The fourth-order valence-electron chi connectivity index (χ4n) is 4.32. The van der Waals surface area contributed by atoms with E-state index in [0.29, 0.717) is 22.7 Å². The van der Waals surface area contributed by atoms with Gasteiger partial charge in [-0.1, -0.05) is 0 Å². The lowest BCUT2D eigenvalue weighted by atomic mass is 9.95. The predicted molar refractivity (Wildman–Crippen MR) is 122 cm³/mol. The normalized spacial score (nSPS) is 14.9. The first-order valence-electron chi connectivity index (χ1n) is 10.6. The van der Waals surface area contributed by atoms with Crippen LogP contribution in [0.15, 0.2) is 59.2 Å². The number of amides is 1. The molecule has 1 aliphatic rings. The van der Waals surface area contributed by atoms with Crippen molar-refractivity contribution in [3.63, 3.8) is 0 Å². The fourth-order valence-corrected chi connectivity index (χ4v) is 4.32. The highest BCUT2D eigenvalue weighted by Gasteiger charge is 2.43. The zero-order chi connectivity index (χ0) is 23.8. The number of methoxy groups -OCH3 is 3. The van der Waals surface area contributed by atoms with Crippen molar-refractivity contribution in [2.75, 3.05) is 21.3 Å². The Hall–Kier alpha value is -4.40. The second kappa shape index (κ2) is 8.51. The third-order valence-electron chi connectivity index (χ3n) is 5.95. The van der Waals surface area contributed by atoms with Gasteiger partial charge in [-0.15, -0.1) is 0 Å². The third kappa shape index (κ3) is 3.42. The van der Waals surface area contributed by atoms with E-state index in [-0.39, 0.29) is 29.7 Å². The average Bonchev–Trinajstić information content (AvgIpc) is 3.59. The number of benzene rings is 2. The number of aromatic amines is 1. The number of fused-ring (bicyclic) bond motifs is 1. The molecule has 174 valence electrons. The number of phenols is 1. The lowest BCUT2D eigenvalue weighted by Crippen LogP contribution is -2.29. The van der Waals surface area contributed by atoms with Crippen LogP contribution in [0.2, 0.25) is 0 Å². The number of nitrogens with one attached hydrogen (secondary N) is 1. The Morgan fingerprint density at radius 1 is 1.06 bits per heavy atom. The van der Waals surface area contributed by atoms with Crippen LogP contribution in [0.3, 0.4) is 0 Å². The van der Waals surface area contributed by atoms with Crippen LogP contribution in [-0.2, 0) is 6.54 Å². The summed E-state index contributed by atoms with van der Waals surface area (Å²) >= 11 is 0. The van der Waals surface area contributed by atoms with Crippen LogP contribution in [0.4, 0.5) is 0 Å². The van der Waals surface area contributed by atoms with E-state index in [4.69, 9.17) is 18.6 Å². The smallest absolute Gasteiger partial charge is 0.273 e. The summed E-state index contributed by atoms with van der Waals surface area (Å²) < 4.78 is 21.6. The zero-order valence-electron chi connectivity index (χ0n) is 18.9. The van der Waals surface area contributed by atoms with Crippen LogP contribution in [0, 0.1) is 0 Å². The van der Waals surface area contributed by atoms with Crippen molar-refractivity contribution in [2.24, 2.45) is 0 Å². The number of nitrogens with zero attached hydrogens (tertiary/aromatic N) is 2. The van der Waals surface area contributed by atoms with Crippen molar-refractivity contribution in [1.82, 2.24) is 15.1 Å². The second-order valence-electron chi connectivity index (χ2n) is 7.78. The van der Waals surface area contributed by atoms with E-state index in [1.54, 1.807) is 36.5 Å². The Labute approximate surface area is 195 Å². The first-order chi connectivity index (χ1) is 16.5. The second-order valence-corrected chi connectivity index (χ2v) is 7.78. The van der Waals surface area contributed by atoms with Crippen LogP contribution in [0.25, 0.3) is 11.3 Å². The average molecular weight is 461 g/mol. The van der Waals surface area contributed by atoms with Gasteiger partial charge >= 0.3 is 0 Å². The van der Waals surface area contributed by atoms with E-state index in [0.717, 1.165) is 16.9 Å². The van der Waals surface area contributed by atoms with E-state index < -0.39 is 6.04 Å². The predicted octanol–water partition coefficient (Wildman–Crippen LogP) is 4.15. The van der Waals surface area contributed by atoms with Crippen LogP contribution in [0.5, 0.6) is 23.0 Å². The van der Waals surface area contributed by atoms with Gasteiger partial charge in [-0.2, -0.15) is 5.10 Å². The quantitative estimate of drug-likeness (QED) is 0.425. The largest absolute Gasteiger partial charge is 0.502 e. The van der Waals surface area contributed by atoms with Gasteiger partial charge in [0.2, 0.25) is 5.75 Å². The molecule has 2 aromatic heterocycles. The molecule has 0 saturated heterocycles. The number of ether oxygens (including phenoxy) is 3. The Morgan fingerprint density at radius 3 is 2.35 bits per heavy atom. The molecule has 0 fully saturated rings. The number of aromatic hydroxyl groups is 1. The fraction of sp³-hybridized carbons (Fsp3) is 0.200. The zero-order valence-corrected chi connectivity index (χ0v) is 18.9. The number of furan rings is 1. The molecule has 3 heterocycles. The molecule has 0 radical (unpaired) electrons. The molecule has 0 aliphatic carbocycles. The number of H-pyrrole nitrogens is 1. The Kier molecular flexibility index (Phi) is 5.37. The van der Waals surface area contributed by atoms with Crippen molar-refractivity contribution in [3.05, 3.63) is 77.4 Å². The molecule has 34 heavy (non-hydrogen) atoms. The highest BCUT2D eigenvalue weighted by molar-refractivity contribution is 6.00. The summed E-state index contributed by atoms with van der Waals surface area (Å²) in [4.78, 5) is 15.2. The van der Waals surface area contributed by atoms with Crippen LogP contribution < -0.4 is 14.2 Å². The number of aromatic nitrogens is 2.